The molecule has 0 radical (unpaired) electrons. The van der Waals surface area contributed by atoms with Crippen LogP contribution in [-0.2, 0) is 0 Å². The summed E-state index contributed by atoms with van der Waals surface area (Å²) in [5.74, 6) is 1.23. The van der Waals surface area contributed by atoms with Crippen LogP contribution in [0.2, 0.25) is 0 Å². The van der Waals surface area contributed by atoms with E-state index in [-0.39, 0.29) is 5.78 Å². The molecule has 0 aliphatic heterocycles. The number of halogens is 1. The van der Waals surface area contributed by atoms with E-state index in [1.807, 2.05) is 12.1 Å². The average Bonchev–Trinajstić information content (AvgIpc) is 2.53. The van der Waals surface area contributed by atoms with Crippen LogP contribution in [-0.4, -0.2) is 27.1 Å². The zero-order valence-electron chi connectivity index (χ0n) is 12.0. The Morgan fingerprint density at radius 3 is 1.86 bits per heavy atom. The fourth-order valence-corrected chi connectivity index (χ4v) is 2.24. The molecular formula is C16H15BrO4. The highest BCUT2D eigenvalue weighted by atomic mass is 79.9. The number of ketones is 1. The second-order valence-electron chi connectivity index (χ2n) is 4.24. The van der Waals surface area contributed by atoms with Crippen LogP contribution in [0.15, 0.2) is 40.9 Å². The molecule has 0 saturated heterocycles. The molecule has 0 spiro atoms. The summed E-state index contributed by atoms with van der Waals surface area (Å²) >= 11 is 3.35. The lowest BCUT2D eigenvalue weighted by Crippen LogP contribution is -2.07. The van der Waals surface area contributed by atoms with Crippen LogP contribution in [0.4, 0.5) is 0 Å². The van der Waals surface area contributed by atoms with E-state index in [2.05, 4.69) is 15.9 Å². The first-order chi connectivity index (χ1) is 10.1. The standard InChI is InChI=1S/C16H15BrO4/c1-19-12-8-13(20-2)15(14(9-12)21-3)16(18)10-4-6-11(17)7-5-10/h4-9H,1-3H3. The zero-order chi connectivity index (χ0) is 15.4. The zero-order valence-corrected chi connectivity index (χ0v) is 13.6. The van der Waals surface area contributed by atoms with Gasteiger partial charge in [0.1, 0.15) is 22.8 Å². The van der Waals surface area contributed by atoms with E-state index in [0.29, 0.717) is 28.4 Å². The summed E-state index contributed by atoms with van der Waals surface area (Å²) in [6.07, 6.45) is 0. The van der Waals surface area contributed by atoms with Crippen molar-refractivity contribution in [2.24, 2.45) is 0 Å². The maximum absolute atomic E-state index is 12.7. The van der Waals surface area contributed by atoms with E-state index in [0.717, 1.165) is 4.47 Å². The molecule has 0 aliphatic rings. The Hall–Kier alpha value is -2.01. The van der Waals surface area contributed by atoms with Crippen molar-refractivity contribution in [2.75, 3.05) is 21.3 Å². The highest BCUT2D eigenvalue weighted by Crippen LogP contribution is 2.35. The third-order valence-electron chi connectivity index (χ3n) is 3.05. The highest BCUT2D eigenvalue weighted by molar-refractivity contribution is 9.10. The number of benzene rings is 2. The quantitative estimate of drug-likeness (QED) is 0.771. The molecule has 0 saturated carbocycles. The number of hydrogen-bond acceptors (Lipinski definition) is 4. The van der Waals surface area contributed by atoms with Gasteiger partial charge in [-0.25, -0.2) is 0 Å². The number of rotatable bonds is 5. The van der Waals surface area contributed by atoms with Crippen LogP contribution in [0.5, 0.6) is 17.2 Å². The number of hydrogen-bond donors (Lipinski definition) is 0. The molecule has 0 unspecified atom stereocenters. The molecule has 110 valence electrons. The Balaban J connectivity index is 2.55. The van der Waals surface area contributed by atoms with Crippen molar-refractivity contribution in [1.82, 2.24) is 0 Å². The Bertz CT molecular complexity index is 625. The number of ether oxygens (including phenoxy) is 3. The van der Waals surface area contributed by atoms with Crippen LogP contribution < -0.4 is 14.2 Å². The Kier molecular flexibility index (Phi) is 4.85. The fourth-order valence-electron chi connectivity index (χ4n) is 1.98. The Labute approximate surface area is 131 Å². The minimum atomic E-state index is -0.168. The van der Waals surface area contributed by atoms with E-state index in [9.17, 15) is 4.79 Å². The molecule has 0 aliphatic carbocycles. The smallest absolute Gasteiger partial charge is 0.200 e. The molecule has 0 fully saturated rings. The molecule has 5 heteroatoms. The largest absolute Gasteiger partial charge is 0.496 e. The lowest BCUT2D eigenvalue weighted by atomic mass is 10.0. The number of carbonyl (C=O) groups excluding carboxylic acids is 1. The molecule has 0 aromatic heterocycles. The second kappa shape index (κ2) is 6.63. The van der Waals surface area contributed by atoms with Crippen LogP contribution in [0, 0.1) is 0 Å². The molecule has 0 amide bonds. The van der Waals surface area contributed by atoms with Crippen molar-refractivity contribution in [3.8, 4) is 17.2 Å². The first-order valence-corrected chi connectivity index (χ1v) is 7.00. The molecule has 0 atom stereocenters. The van der Waals surface area contributed by atoms with Gasteiger partial charge < -0.3 is 14.2 Å². The summed E-state index contributed by atoms with van der Waals surface area (Å²) in [6, 6.07) is 10.4. The van der Waals surface area contributed by atoms with Crippen molar-refractivity contribution in [3.63, 3.8) is 0 Å². The van der Waals surface area contributed by atoms with Crippen molar-refractivity contribution in [3.05, 3.63) is 52.0 Å². The summed E-state index contributed by atoms with van der Waals surface area (Å²) in [5, 5.41) is 0. The third-order valence-corrected chi connectivity index (χ3v) is 3.58. The summed E-state index contributed by atoms with van der Waals surface area (Å²) in [5.41, 5.74) is 0.933. The number of carbonyl (C=O) groups is 1. The Morgan fingerprint density at radius 1 is 0.905 bits per heavy atom. The molecule has 21 heavy (non-hydrogen) atoms. The van der Waals surface area contributed by atoms with E-state index >= 15 is 0 Å². The van der Waals surface area contributed by atoms with Crippen molar-refractivity contribution < 1.29 is 19.0 Å². The molecule has 0 heterocycles. The highest BCUT2D eigenvalue weighted by Gasteiger charge is 2.21. The summed E-state index contributed by atoms with van der Waals surface area (Å²) in [7, 11) is 4.56. The van der Waals surface area contributed by atoms with Gasteiger partial charge in [-0.1, -0.05) is 15.9 Å². The predicted octanol–water partition coefficient (Wildman–Crippen LogP) is 3.71. The summed E-state index contributed by atoms with van der Waals surface area (Å²) in [6.45, 7) is 0. The van der Waals surface area contributed by atoms with Gasteiger partial charge in [-0.3, -0.25) is 4.79 Å². The van der Waals surface area contributed by atoms with Gasteiger partial charge >= 0.3 is 0 Å². The lowest BCUT2D eigenvalue weighted by Gasteiger charge is -2.14. The number of methoxy groups -OCH3 is 3. The topological polar surface area (TPSA) is 44.8 Å². The first kappa shape index (κ1) is 15.4. The first-order valence-electron chi connectivity index (χ1n) is 6.21. The lowest BCUT2D eigenvalue weighted by molar-refractivity contribution is 0.103. The molecular weight excluding hydrogens is 336 g/mol. The van der Waals surface area contributed by atoms with Crippen LogP contribution in [0.1, 0.15) is 15.9 Å². The van der Waals surface area contributed by atoms with E-state index in [1.165, 1.54) is 14.2 Å². The minimum absolute atomic E-state index is 0.168. The SMILES string of the molecule is COc1cc(OC)c(C(=O)c2ccc(Br)cc2)c(OC)c1. The Morgan fingerprint density at radius 2 is 1.43 bits per heavy atom. The molecule has 4 nitrogen and oxygen atoms in total. The molecule has 0 bridgehead atoms. The van der Waals surface area contributed by atoms with Crippen molar-refractivity contribution in [2.45, 2.75) is 0 Å². The third kappa shape index (κ3) is 3.19. The molecule has 0 N–H and O–H groups in total. The van der Waals surface area contributed by atoms with Gasteiger partial charge in [0.15, 0.2) is 0 Å². The fraction of sp³-hybridized carbons (Fsp3) is 0.188. The van der Waals surface area contributed by atoms with Gasteiger partial charge in [0.2, 0.25) is 5.78 Å². The van der Waals surface area contributed by atoms with Gasteiger partial charge in [-0.15, -0.1) is 0 Å². The molecule has 2 aromatic rings. The monoisotopic (exact) mass is 350 g/mol. The van der Waals surface area contributed by atoms with Crippen LogP contribution in [0.25, 0.3) is 0 Å². The van der Waals surface area contributed by atoms with Gasteiger partial charge in [-0.05, 0) is 24.3 Å². The maximum Gasteiger partial charge on any atom is 0.200 e. The van der Waals surface area contributed by atoms with Crippen molar-refractivity contribution in [1.29, 1.82) is 0 Å². The van der Waals surface area contributed by atoms with E-state index < -0.39 is 0 Å². The summed E-state index contributed by atoms with van der Waals surface area (Å²) in [4.78, 5) is 12.7. The van der Waals surface area contributed by atoms with Crippen molar-refractivity contribution >= 4 is 21.7 Å². The van der Waals surface area contributed by atoms with Gasteiger partial charge in [-0.2, -0.15) is 0 Å². The van der Waals surface area contributed by atoms with E-state index in [4.69, 9.17) is 14.2 Å². The maximum atomic E-state index is 12.7. The van der Waals surface area contributed by atoms with Gasteiger partial charge in [0.25, 0.3) is 0 Å². The molecule has 2 rings (SSSR count). The molecule has 2 aromatic carbocycles. The van der Waals surface area contributed by atoms with Gasteiger partial charge in [0, 0.05) is 22.2 Å². The normalized spacial score (nSPS) is 10.1. The minimum Gasteiger partial charge on any atom is -0.496 e. The van der Waals surface area contributed by atoms with Crippen LogP contribution in [0.3, 0.4) is 0 Å². The van der Waals surface area contributed by atoms with Gasteiger partial charge in [0.05, 0.1) is 21.3 Å². The second-order valence-corrected chi connectivity index (χ2v) is 5.16. The average molecular weight is 351 g/mol. The predicted molar refractivity (Wildman–Crippen MR) is 83.7 cm³/mol. The van der Waals surface area contributed by atoms with Crippen LogP contribution >= 0.6 is 15.9 Å². The summed E-state index contributed by atoms with van der Waals surface area (Å²) < 4.78 is 16.7. The van der Waals surface area contributed by atoms with E-state index in [1.54, 1.807) is 31.4 Å².